The lowest BCUT2D eigenvalue weighted by atomic mass is 9.73. The van der Waals surface area contributed by atoms with Crippen molar-refractivity contribution >= 4 is 11.8 Å². The number of aryl methyl sites for hydroxylation is 2. The fraction of sp³-hybridized carbons (Fsp3) is 0.600. The lowest BCUT2D eigenvalue weighted by Gasteiger charge is -2.30. The number of β-amino-alcohol motifs (C(OH)–C–C–N with tert-alkyl or cyclic N) is 1. The largest absolute Gasteiger partial charge is 0.491 e. The maximum Gasteiger partial charge on any atom is 0.235 e. The zero-order chi connectivity index (χ0) is 18.0. The number of imide groups is 1. The van der Waals surface area contributed by atoms with Crippen molar-refractivity contribution < 1.29 is 19.4 Å². The van der Waals surface area contributed by atoms with Gasteiger partial charge in [-0.1, -0.05) is 31.4 Å². The molecule has 2 aliphatic rings. The highest BCUT2D eigenvalue weighted by atomic mass is 16.5. The SMILES string of the molecule is Cc1ccc(C)c(OC[C@@H](O)CN2C(=O)CC3(CCCCC3)C2=O)c1. The van der Waals surface area contributed by atoms with Crippen LogP contribution in [0.2, 0.25) is 0 Å². The lowest BCUT2D eigenvalue weighted by Crippen LogP contribution is -2.42. The predicted molar refractivity (Wildman–Crippen MR) is 94.3 cm³/mol. The third kappa shape index (κ3) is 3.71. The van der Waals surface area contributed by atoms with Crippen LogP contribution in [0.1, 0.15) is 49.7 Å². The van der Waals surface area contributed by atoms with Crippen LogP contribution in [0.25, 0.3) is 0 Å². The van der Waals surface area contributed by atoms with E-state index in [1.807, 2.05) is 32.0 Å². The summed E-state index contributed by atoms with van der Waals surface area (Å²) >= 11 is 0. The number of likely N-dealkylation sites (tertiary alicyclic amines) is 1. The van der Waals surface area contributed by atoms with E-state index < -0.39 is 11.5 Å². The normalized spacial score (nSPS) is 21.0. The zero-order valence-corrected chi connectivity index (χ0v) is 15.1. The fourth-order valence-corrected chi connectivity index (χ4v) is 3.98. The molecule has 2 fully saturated rings. The summed E-state index contributed by atoms with van der Waals surface area (Å²) in [6.07, 6.45) is 4.15. The van der Waals surface area contributed by atoms with Crippen molar-refractivity contribution in [1.29, 1.82) is 0 Å². The predicted octanol–water partition coefficient (Wildman–Crippen LogP) is 2.75. The minimum absolute atomic E-state index is 0.0181. The van der Waals surface area contributed by atoms with Crippen LogP contribution in [0.3, 0.4) is 0 Å². The van der Waals surface area contributed by atoms with Crippen molar-refractivity contribution in [3.8, 4) is 5.75 Å². The number of ether oxygens (including phenoxy) is 1. The molecule has 1 saturated heterocycles. The third-order valence-corrected chi connectivity index (χ3v) is 5.47. The minimum Gasteiger partial charge on any atom is -0.491 e. The van der Waals surface area contributed by atoms with E-state index in [0.29, 0.717) is 6.42 Å². The first-order valence-corrected chi connectivity index (χ1v) is 9.14. The highest BCUT2D eigenvalue weighted by Crippen LogP contribution is 2.45. The molecular formula is C20H27NO4. The van der Waals surface area contributed by atoms with Gasteiger partial charge in [0.1, 0.15) is 18.5 Å². The van der Waals surface area contributed by atoms with Gasteiger partial charge in [0.2, 0.25) is 11.8 Å². The van der Waals surface area contributed by atoms with Crippen molar-refractivity contribution in [3.63, 3.8) is 0 Å². The van der Waals surface area contributed by atoms with Gasteiger partial charge in [-0.3, -0.25) is 14.5 Å². The van der Waals surface area contributed by atoms with Gasteiger partial charge in [0.25, 0.3) is 0 Å². The summed E-state index contributed by atoms with van der Waals surface area (Å²) in [6, 6.07) is 5.90. The first-order valence-electron chi connectivity index (χ1n) is 9.14. The van der Waals surface area contributed by atoms with E-state index in [1.54, 1.807) is 0 Å². The minimum atomic E-state index is -0.883. The van der Waals surface area contributed by atoms with E-state index in [9.17, 15) is 14.7 Å². The van der Waals surface area contributed by atoms with Crippen molar-refractivity contribution in [1.82, 2.24) is 4.90 Å². The lowest BCUT2D eigenvalue weighted by molar-refractivity contribution is -0.144. The van der Waals surface area contributed by atoms with Gasteiger partial charge < -0.3 is 9.84 Å². The van der Waals surface area contributed by atoms with E-state index in [2.05, 4.69) is 0 Å². The third-order valence-electron chi connectivity index (χ3n) is 5.47. The summed E-state index contributed by atoms with van der Waals surface area (Å²) in [6.45, 7) is 4.01. The number of hydrogen-bond acceptors (Lipinski definition) is 4. The molecule has 25 heavy (non-hydrogen) atoms. The number of benzene rings is 1. The number of aliphatic hydroxyl groups excluding tert-OH is 1. The Hall–Kier alpha value is -1.88. The number of hydrogen-bond donors (Lipinski definition) is 1. The highest BCUT2D eigenvalue weighted by molar-refractivity contribution is 6.06. The van der Waals surface area contributed by atoms with Crippen molar-refractivity contribution in [3.05, 3.63) is 29.3 Å². The molecule has 1 N–H and O–H groups in total. The molecule has 1 aliphatic heterocycles. The van der Waals surface area contributed by atoms with Crippen LogP contribution in [0.5, 0.6) is 5.75 Å². The average Bonchev–Trinajstić information content (AvgIpc) is 2.80. The molecular weight excluding hydrogens is 318 g/mol. The van der Waals surface area contributed by atoms with Crippen LogP contribution < -0.4 is 4.74 Å². The van der Waals surface area contributed by atoms with Gasteiger partial charge in [-0.25, -0.2) is 0 Å². The van der Waals surface area contributed by atoms with Gasteiger partial charge in [-0.05, 0) is 43.9 Å². The summed E-state index contributed by atoms with van der Waals surface area (Å²) in [5, 5.41) is 10.3. The topological polar surface area (TPSA) is 66.8 Å². The quantitative estimate of drug-likeness (QED) is 0.833. The van der Waals surface area contributed by atoms with Crippen molar-refractivity contribution in [2.75, 3.05) is 13.2 Å². The maximum atomic E-state index is 12.8. The molecule has 1 saturated carbocycles. The summed E-state index contributed by atoms with van der Waals surface area (Å²) in [5.41, 5.74) is 1.58. The number of carbonyl (C=O) groups excluding carboxylic acids is 2. The summed E-state index contributed by atoms with van der Waals surface area (Å²) in [5.74, 6) is 0.475. The van der Waals surface area contributed by atoms with Gasteiger partial charge in [0.05, 0.1) is 12.0 Å². The number of amides is 2. The molecule has 3 rings (SSSR count). The molecule has 1 aromatic rings. The molecule has 1 aliphatic carbocycles. The Morgan fingerprint density at radius 2 is 1.92 bits per heavy atom. The van der Waals surface area contributed by atoms with Crippen LogP contribution in [-0.2, 0) is 9.59 Å². The van der Waals surface area contributed by atoms with E-state index in [0.717, 1.165) is 49.0 Å². The van der Waals surface area contributed by atoms with Crippen LogP contribution in [0, 0.1) is 19.3 Å². The monoisotopic (exact) mass is 345 g/mol. The van der Waals surface area contributed by atoms with Crippen LogP contribution in [0.15, 0.2) is 18.2 Å². The molecule has 1 spiro atoms. The Morgan fingerprint density at radius 3 is 2.64 bits per heavy atom. The maximum absolute atomic E-state index is 12.8. The molecule has 5 nitrogen and oxygen atoms in total. The number of rotatable bonds is 5. The summed E-state index contributed by atoms with van der Waals surface area (Å²) in [4.78, 5) is 26.3. The standard InChI is InChI=1S/C20H27NO4/c1-14-6-7-15(2)17(10-14)25-13-16(22)12-21-18(23)11-20(19(21)24)8-4-3-5-9-20/h6-7,10,16,22H,3-5,8-9,11-13H2,1-2H3/t16-/m0/s1. The Balaban J connectivity index is 1.59. The molecule has 0 aromatic heterocycles. The summed E-state index contributed by atoms with van der Waals surface area (Å²) < 4.78 is 5.70. The van der Waals surface area contributed by atoms with Gasteiger partial charge in [0, 0.05) is 6.42 Å². The Bertz CT molecular complexity index is 664. The van der Waals surface area contributed by atoms with Crippen molar-refractivity contribution in [2.24, 2.45) is 5.41 Å². The molecule has 1 atom stereocenters. The van der Waals surface area contributed by atoms with Gasteiger partial charge in [-0.2, -0.15) is 0 Å². The smallest absolute Gasteiger partial charge is 0.235 e. The average molecular weight is 345 g/mol. The first kappa shape index (κ1) is 17.9. The summed E-state index contributed by atoms with van der Waals surface area (Å²) in [7, 11) is 0. The first-order chi connectivity index (χ1) is 11.9. The van der Waals surface area contributed by atoms with E-state index in [4.69, 9.17) is 4.74 Å². The van der Waals surface area contributed by atoms with Gasteiger partial charge >= 0.3 is 0 Å². The van der Waals surface area contributed by atoms with Gasteiger partial charge in [0.15, 0.2) is 0 Å². The Kier molecular flexibility index (Phi) is 5.13. The highest BCUT2D eigenvalue weighted by Gasteiger charge is 2.51. The van der Waals surface area contributed by atoms with Crippen LogP contribution in [0.4, 0.5) is 0 Å². The van der Waals surface area contributed by atoms with E-state index >= 15 is 0 Å². The molecule has 0 unspecified atom stereocenters. The molecule has 0 radical (unpaired) electrons. The second-order valence-corrected chi connectivity index (χ2v) is 7.56. The number of carbonyl (C=O) groups is 2. The van der Waals surface area contributed by atoms with E-state index in [1.165, 1.54) is 4.90 Å². The molecule has 2 amide bonds. The number of nitrogens with zero attached hydrogens (tertiary/aromatic N) is 1. The van der Waals surface area contributed by atoms with Crippen LogP contribution >= 0.6 is 0 Å². The molecule has 5 heteroatoms. The molecule has 0 bridgehead atoms. The Morgan fingerprint density at radius 1 is 1.20 bits per heavy atom. The number of aliphatic hydroxyl groups is 1. The van der Waals surface area contributed by atoms with E-state index in [-0.39, 0.29) is 25.0 Å². The second kappa shape index (κ2) is 7.16. The van der Waals surface area contributed by atoms with Crippen molar-refractivity contribution in [2.45, 2.75) is 58.5 Å². The molecule has 1 aromatic carbocycles. The van der Waals surface area contributed by atoms with Gasteiger partial charge in [-0.15, -0.1) is 0 Å². The molecule has 1 heterocycles. The fourth-order valence-electron chi connectivity index (χ4n) is 3.98. The van der Waals surface area contributed by atoms with Crippen LogP contribution in [-0.4, -0.2) is 41.1 Å². The zero-order valence-electron chi connectivity index (χ0n) is 15.1. The Labute approximate surface area is 149 Å². The molecule has 136 valence electrons. The second-order valence-electron chi connectivity index (χ2n) is 7.56.